The van der Waals surface area contributed by atoms with E-state index in [1.54, 1.807) is 17.1 Å². The van der Waals surface area contributed by atoms with Gasteiger partial charge in [-0.3, -0.25) is 4.79 Å². The zero-order valence-corrected chi connectivity index (χ0v) is 12.8. The summed E-state index contributed by atoms with van der Waals surface area (Å²) in [7, 11) is 0. The SMILES string of the molecule is O=C(Cc1cnn(-c2ccccc2)c1)Nc1ccc(F)cc1Cl. The van der Waals surface area contributed by atoms with E-state index in [-0.39, 0.29) is 17.4 Å². The number of aromatic nitrogens is 2. The number of hydrogen-bond donors (Lipinski definition) is 1. The van der Waals surface area contributed by atoms with E-state index in [0.717, 1.165) is 17.3 Å². The van der Waals surface area contributed by atoms with Crippen molar-refractivity contribution >= 4 is 23.2 Å². The van der Waals surface area contributed by atoms with E-state index in [4.69, 9.17) is 11.6 Å². The molecule has 3 aromatic rings. The van der Waals surface area contributed by atoms with Gasteiger partial charge in [0.05, 0.1) is 29.0 Å². The van der Waals surface area contributed by atoms with Crippen LogP contribution >= 0.6 is 11.6 Å². The number of rotatable bonds is 4. The van der Waals surface area contributed by atoms with Crippen molar-refractivity contribution in [2.45, 2.75) is 6.42 Å². The number of carbonyl (C=O) groups excluding carboxylic acids is 1. The van der Waals surface area contributed by atoms with E-state index in [0.29, 0.717) is 5.69 Å². The van der Waals surface area contributed by atoms with Gasteiger partial charge in [0.15, 0.2) is 0 Å². The molecule has 1 heterocycles. The van der Waals surface area contributed by atoms with Crippen molar-refractivity contribution in [3.63, 3.8) is 0 Å². The summed E-state index contributed by atoms with van der Waals surface area (Å²) >= 11 is 5.89. The number of anilines is 1. The highest BCUT2D eigenvalue weighted by Crippen LogP contribution is 2.22. The number of nitrogens with one attached hydrogen (secondary N) is 1. The van der Waals surface area contributed by atoms with E-state index < -0.39 is 5.82 Å². The van der Waals surface area contributed by atoms with Crippen LogP contribution < -0.4 is 5.32 Å². The molecule has 1 aromatic heterocycles. The number of benzene rings is 2. The topological polar surface area (TPSA) is 46.9 Å². The Hall–Kier alpha value is -2.66. The molecule has 23 heavy (non-hydrogen) atoms. The van der Waals surface area contributed by atoms with Crippen LogP contribution in [0.2, 0.25) is 5.02 Å². The monoisotopic (exact) mass is 329 g/mol. The standard InChI is InChI=1S/C17H13ClFN3O/c18-15-9-13(19)6-7-16(15)21-17(23)8-12-10-20-22(11-12)14-4-2-1-3-5-14/h1-7,9-11H,8H2,(H,21,23). The van der Waals surface area contributed by atoms with Gasteiger partial charge in [-0.2, -0.15) is 5.10 Å². The van der Waals surface area contributed by atoms with Crippen LogP contribution in [0.1, 0.15) is 5.56 Å². The van der Waals surface area contributed by atoms with Gasteiger partial charge < -0.3 is 5.32 Å². The maximum Gasteiger partial charge on any atom is 0.228 e. The number of hydrogen-bond acceptors (Lipinski definition) is 2. The lowest BCUT2D eigenvalue weighted by atomic mass is 10.2. The normalized spacial score (nSPS) is 10.5. The highest BCUT2D eigenvalue weighted by atomic mass is 35.5. The molecule has 2 aromatic carbocycles. The van der Waals surface area contributed by atoms with E-state index in [1.807, 2.05) is 30.3 Å². The van der Waals surface area contributed by atoms with Gasteiger partial charge in [-0.05, 0) is 35.9 Å². The van der Waals surface area contributed by atoms with Gasteiger partial charge in [0.1, 0.15) is 5.82 Å². The molecule has 116 valence electrons. The van der Waals surface area contributed by atoms with Gasteiger partial charge in [-0.1, -0.05) is 29.8 Å². The lowest BCUT2D eigenvalue weighted by Crippen LogP contribution is -2.14. The van der Waals surface area contributed by atoms with Crippen LogP contribution in [0.25, 0.3) is 5.69 Å². The summed E-state index contributed by atoms with van der Waals surface area (Å²) < 4.78 is 14.7. The second kappa shape index (κ2) is 6.62. The summed E-state index contributed by atoms with van der Waals surface area (Å²) in [5.41, 5.74) is 2.07. The van der Waals surface area contributed by atoms with Gasteiger partial charge in [-0.25, -0.2) is 9.07 Å². The van der Waals surface area contributed by atoms with E-state index >= 15 is 0 Å². The Morgan fingerprint density at radius 2 is 2.00 bits per heavy atom. The largest absolute Gasteiger partial charge is 0.324 e. The first kappa shape index (κ1) is 15.2. The molecule has 0 fully saturated rings. The van der Waals surface area contributed by atoms with Crippen LogP contribution in [0.3, 0.4) is 0 Å². The number of para-hydroxylation sites is 1. The molecule has 3 rings (SSSR count). The second-order valence-electron chi connectivity index (χ2n) is 4.98. The molecule has 0 aliphatic heterocycles. The third-order valence-corrected chi connectivity index (χ3v) is 3.54. The fourth-order valence-electron chi connectivity index (χ4n) is 2.14. The highest BCUT2D eigenvalue weighted by molar-refractivity contribution is 6.33. The Morgan fingerprint density at radius 3 is 2.74 bits per heavy atom. The summed E-state index contributed by atoms with van der Waals surface area (Å²) in [6, 6.07) is 13.4. The Kier molecular flexibility index (Phi) is 4.39. The van der Waals surface area contributed by atoms with Crippen molar-refractivity contribution in [1.82, 2.24) is 9.78 Å². The van der Waals surface area contributed by atoms with Crippen LogP contribution in [0.5, 0.6) is 0 Å². The molecule has 0 unspecified atom stereocenters. The fraction of sp³-hybridized carbons (Fsp3) is 0.0588. The van der Waals surface area contributed by atoms with Crippen LogP contribution in [-0.2, 0) is 11.2 Å². The molecule has 1 amide bonds. The van der Waals surface area contributed by atoms with Crippen molar-refractivity contribution in [3.05, 3.63) is 77.3 Å². The minimum atomic E-state index is -0.447. The van der Waals surface area contributed by atoms with Crippen molar-refractivity contribution in [2.75, 3.05) is 5.32 Å². The molecular weight excluding hydrogens is 317 g/mol. The lowest BCUT2D eigenvalue weighted by molar-refractivity contribution is -0.115. The van der Waals surface area contributed by atoms with E-state index in [1.165, 1.54) is 12.1 Å². The van der Waals surface area contributed by atoms with Gasteiger partial charge in [-0.15, -0.1) is 0 Å². The molecule has 0 aliphatic carbocycles. The first-order valence-electron chi connectivity index (χ1n) is 6.96. The maximum absolute atomic E-state index is 13.0. The van der Waals surface area contributed by atoms with Crippen molar-refractivity contribution in [3.8, 4) is 5.69 Å². The molecule has 4 nitrogen and oxygen atoms in total. The molecule has 0 saturated carbocycles. The molecule has 0 spiro atoms. The smallest absolute Gasteiger partial charge is 0.228 e. The predicted octanol–water partition coefficient (Wildman–Crippen LogP) is 3.85. The van der Waals surface area contributed by atoms with Gasteiger partial charge in [0.25, 0.3) is 0 Å². The summed E-state index contributed by atoms with van der Waals surface area (Å²) in [4.78, 5) is 12.1. The van der Waals surface area contributed by atoms with Crippen molar-refractivity contribution in [1.29, 1.82) is 0 Å². The molecule has 0 radical (unpaired) electrons. The first-order chi connectivity index (χ1) is 11.1. The first-order valence-corrected chi connectivity index (χ1v) is 7.33. The average molecular weight is 330 g/mol. The molecule has 0 aliphatic rings. The minimum absolute atomic E-state index is 0.153. The fourth-order valence-corrected chi connectivity index (χ4v) is 2.36. The lowest BCUT2D eigenvalue weighted by Gasteiger charge is -2.06. The predicted molar refractivity (Wildman–Crippen MR) is 87.3 cm³/mol. The number of carbonyl (C=O) groups is 1. The molecule has 0 saturated heterocycles. The molecule has 0 atom stereocenters. The van der Waals surface area contributed by atoms with Crippen LogP contribution in [0.15, 0.2) is 60.9 Å². The Balaban J connectivity index is 1.68. The van der Waals surface area contributed by atoms with Crippen LogP contribution in [0, 0.1) is 5.82 Å². The van der Waals surface area contributed by atoms with Crippen LogP contribution in [-0.4, -0.2) is 15.7 Å². The quantitative estimate of drug-likeness (QED) is 0.790. The molecule has 1 N–H and O–H groups in total. The molecule has 0 bridgehead atoms. The minimum Gasteiger partial charge on any atom is -0.324 e. The average Bonchev–Trinajstić information content (AvgIpc) is 2.99. The van der Waals surface area contributed by atoms with Crippen LogP contribution in [0.4, 0.5) is 10.1 Å². The highest BCUT2D eigenvalue weighted by Gasteiger charge is 2.09. The van der Waals surface area contributed by atoms with Gasteiger partial charge in [0.2, 0.25) is 5.91 Å². The Labute approximate surface area is 137 Å². The zero-order chi connectivity index (χ0) is 16.2. The second-order valence-corrected chi connectivity index (χ2v) is 5.39. The van der Waals surface area contributed by atoms with Crippen molar-refractivity contribution in [2.24, 2.45) is 0 Å². The van der Waals surface area contributed by atoms with Gasteiger partial charge >= 0.3 is 0 Å². The number of halogens is 2. The van der Waals surface area contributed by atoms with Gasteiger partial charge in [0, 0.05) is 6.20 Å². The maximum atomic E-state index is 13.0. The number of amides is 1. The Bertz CT molecular complexity index is 833. The summed E-state index contributed by atoms with van der Waals surface area (Å²) in [6.45, 7) is 0. The third kappa shape index (κ3) is 3.76. The third-order valence-electron chi connectivity index (χ3n) is 3.23. The van der Waals surface area contributed by atoms with Crippen molar-refractivity contribution < 1.29 is 9.18 Å². The number of nitrogens with zero attached hydrogens (tertiary/aromatic N) is 2. The Morgan fingerprint density at radius 1 is 1.22 bits per heavy atom. The molecule has 6 heteroatoms. The molecular formula is C17H13ClFN3O. The summed E-state index contributed by atoms with van der Waals surface area (Å²) in [6.07, 6.45) is 3.58. The summed E-state index contributed by atoms with van der Waals surface area (Å²) in [5, 5.41) is 7.06. The zero-order valence-electron chi connectivity index (χ0n) is 12.0. The summed E-state index contributed by atoms with van der Waals surface area (Å²) in [5.74, 6) is -0.691. The van der Waals surface area contributed by atoms with E-state index in [2.05, 4.69) is 10.4 Å². The van der Waals surface area contributed by atoms with E-state index in [9.17, 15) is 9.18 Å².